The molecule has 1 amide bonds. The van der Waals surface area contributed by atoms with Crippen LogP contribution in [0.25, 0.3) is 5.69 Å². The summed E-state index contributed by atoms with van der Waals surface area (Å²) in [4.78, 5) is 16.4. The third-order valence-corrected chi connectivity index (χ3v) is 4.17. The summed E-state index contributed by atoms with van der Waals surface area (Å²) in [6, 6.07) is 9.92. The van der Waals surface area contributed by atoms with Gasteiger partial charge in [-0.05, 0) is 44.5 Å². The van der Waals surface area contributed by atoms with Gasteiger partial charge in [0.25, 0.3) is 5.91 Å². The molecule has 0 fully saturated rings. The maximum absolute atomic E-state index is 12.4. The summed E-state index contributed by atoms with van der Waals surface area (Å²) >= 11 is 0. The number of carbonyl (C=O) groups excluding carboxylic acids is 1. The molecular formula is C19H22N4O2. The third kappa shape index (κ3) is 3.47. The van der Waals surface area contributed by atoms with Crippen LogP contribution in [0.2, 0.25) is 0 Å². The lowest BCUT2D eigenvalue weighted by atomic mass is 10.1. The molecule has 2 heterocycles. The largest absolute Gasteiger partial charge is 0.448 e. The number of carbonyl (C=O) groups is 1. The summed E-state index contributed by atoms with van der Waals surface area (Å²) in [5.74, 6) is 0.380. The van der Waals surface area contributed by atoms with Gasteiger partial charge in [-0.1, -0.05) is 19.1 Å². The van der Waals surface area contributed by atoms with Crippen LogP contribution in [-0.2, 0) is 6.42 Å². The van der Waals surface area contributed by atoms with Crippen LogP contribution in [0.1, 0.15) is 53.1 Å². The number of oxazole rings is 1. The average molecular weight is 338 g/mol. The van der Waals surface area contributed by atoms with Gasteiger partial charge < -0.3 is 9.73 Å². The van der Waals surface area contributed by atoms with E-state index in [1.807, 2.05) is 62.7 Å². The number of nitrogens with zero attached hydrogens (tertiary/aromatic N) is 3. The molecule has 6 heteroatoms. The van der Waals surface area contributed by atoms with Crippen molar-refractivity contribution in [3.63, 3.8) is 0 Å². The van der Waals surface area contributed by atoms with Crippen molar-refractivity contribution < 1.29 is 9.21 Å². The van der Waals surface area contributed by atoms with Gasteiger partial charge in [0.2, 0.25) is 0 Å². The number of hydrogen-bond donors (Lipinski definition) is 1. The maximum atomic E-state index is 12.4. The van der Waals surface area contributed by atoms with E-state index in [0.29, 0.717) is 17.9 Å². The molecule has 3 rings (SSSR count). The van der Waals surface area contributed by atoms with E-state index in [-0.39, 0.29) is 11.9 Å². The standard InChI is InChI=1S/C19H22N4O2/c1-5-17-18(20-11-25-17)19(24)21-14(4)15-6-8-16(9-7-15)23-13(3)10-12(2)22-23/h6-11,14H,5H2,1-4H3,(H,21,24). The van der Waals surface area contributed by atoms with Gasteiger partial charge in [-0.15, -0.1) is 0 Å². The lowest BCUT2D eigenvalue weighted by Gasteiger charge is -2.14. The van der Waals surface area contributed by atoms with Crippen LogP contribution in [-0.4, -0.2) is 20.7 Å². The molecule has 0 saturated carbocycles. The van der Waals surface area contributed by atoms with Gasteiger partial charge in [0.1, 0.15) is 5.76 Å². The highest BCUT2D eigenvalue weighted by Crippen LogP contribution is 2.18. The number of aryl methyl sites for hydroxylation is 3. The van der Waals surface area contributed by atoms with Crippen molar-refractivity contribution in [2.75, 3.05) is 0 Å². The number of benzene rings is 1. The lowest BCUT2D eigenvalue weighted by molar-refractivity contribution is 0.0933. The molecule has 0 saturated heterocycles. The second-order valence-electron chi connectivity index (χ2n) is 6.10. The number of aromatic nitrogens is 3. The molecule has 130 valence electrons. The first kappa shape index (κ1) is 17.0. The minimum Gasteiger partial charge on any atom is -0.448 e. The van der Waals surface area contributed by atoms with Crippen LogP contribution < -0.4 is 5.32 Å². The highest BCUT2D eigenvalue weighted by atomic mass is 16.3. The third-order valence-electron chi connectivity index (χ3n) is 4.17. The maximum Gasteiger partial charge on any atom is 0.274 e. The van der Waals surface area contributed by atoms with Crippen molar-refractivity contribution in [2.45, 2.75) is 40.2 Å². The van der Waals surface area contributed by atoms with Crippen LogP contribution in [0, 0.1) is 13.8 Å². The van der Waals surface area contributed by atoms with Crippen molar-refractivity contribution >= 4 is 5.91 Å². The summed E-state index contributed by atoms with van der Waals surface area (Å²) in [5.41, 5.74) is 4.44. The molecule has 1 unspecified atom stereocenters. The second-order valence-corrected chi connectivity index (χ2v) is 6.10. The summed E-state index contributed by atoms with van der Waals surface area (Å²) in [6.07, 6.45) is 1.94. The first-order valence-electron chi connectivity index (χ1n) is 8.36. The van der Waals surface area contributed by atoms with E-state index >= 15 is 0 Å². The Morgan fingerprint density at radius 2 is 2.00 bits per heavy atom. The Bertz CT molecular complexity index is 877. The van der Waals surface area contributed by atoms with Crippen LogP contribution in [0.15, 0.2) is 41.1 Å². The Morgan fingerprint density at radius 3 is 2.60 bits per heavy atom. The van der Waals surface area contributed by atoms with Gasteiger partial charge >= 0.3 is 0 Å². The molecule has 0 radical (unpaired) electrons. The molecular weight excluding hydrogens is 316 g/mol. The fraction of sp³-hybridized carbons (Fsp3) is 0.316. The van der Waals surface area contributed by atoms with E-state index in [2.05, 4.69) is 15.4 Å². The average Bonchev–Trinajstić information content (AvgIpc) is 3.20. The van der Waals surface area contributed by atoms with E-state index in [0.717, 1.165) is 22.6 Å². The first-order chi connectivity index (χ1) is 12.0. The minimum atomic E-state index is -0.222. The molecule has 1 N–H and O–H groups in total. The van der Waals surface area contributed by atoms with Gasteiger partial charge in [0, 0.05) is 12.1 Å². The van der Waals surface area contributed by atoms with Crippen molar-refractivity contribution in [1.29, 1.82) is 0 Å². The molecule has 0 aliphatic heterocycles. The Labute approximate surface area is 146 Å². The molecule has 2 aromatic heterocycles. The number of amides is 1. The van der Waals surface area contributed by atoms with Gasteiger partial charge in [0.15, 0.2) is 12.1 Å². The van der Waals surface area contributed by atoms with E-state index in [1.165, 1.54) is 6.39 Å². The van der Waals surface area contributed by atoms with Crippen LogP contribution in [0.5, 0.6) is 0 Å². The molecule has 0 aliphatic carbocycles. The zero-order valence-electron chi connectivity index (χ0n) is 14.9. The molecule has 0 aliphatic rings. The second kappa shape index (κ2) is 6.93. The topological polar surface area (TPSA) is 73.0 Å². The predicted molar refractivity (Wildman–Crippen MR) is 94.8 cm³/mol. The molecule has 0 bridgehead atoms. The van der Waals surface area contributed by atoms with E-state index < -0.39 is 0 Å². The summed E-state index contributed by atoms with van der Waals surface area (Å²) < 4.78 is 7.13. The predicted octanol–water partition coefficient (Wildman–Crippen LogP) is 3.53. The van der Waals surface area contributed by atoms with Crippen molar-refractivity contribution in [2.24, 2.45) is 0 Å². The fourth-order valence-electron chi connectivity index (χ4n) is 2.85. The molecule has 1 atom stereocenters. The number of rotatable bonds is 5. The van der Waals surface area contributed by atoms with Gasteiger partial charge in [0.05, 0.1) is 17.4 Å². The van der Waals surface area contributed by atoms with Crippen LogP contribution in [0.3, 0.4) is 0 Å². The SMILES string of the molecule is CCc1ocnc1C(=O)NC(C)c1ccc(-n2nc(C)cc2C)cc1. The molecule has 25 heavy (non-hydrogen) atoms. The monoisotopic (exact) mass is 338 g/mol. The number of nitrogens with one attached hydrogen (secondary N) is 1. The zero-order chi connectivity index (χ0) is 18.0. The van der Waals surface area contributed by atoms with Crippen LogP contribution >= 0.6 is 0 Å². The quantitative estimate of drug-likeness (QED) is 0.772. The minimum absolute atomic E-state index is 0.136. The highest BCUT2D eigenvalue weighted by Gasteiger charge is 2.18. The van der Waals surface area contributed by atoms with Gasteiger partial charge in [-0.25, -0.2) is 9.67 Å². The Hall–Kier alpha value is -2.89. The van der Waals surface area contributed by atoms with E-state index in [4.69, 9.17) is 4.42 Å². The Balaban J connectivity index is 1.73. The molecule has 1 aromatic carbocycles. The first-order valence-corrected chi connectivity index (χ1v) is 8.36. The van der Waals surface area contributed by atoms with E-state index in [1.54, 1.807) is 0 Å². The normalized spacial score (nSPS) is 12.2. The zero-order valence-corrected chi connectivity index (χ0v) is 14.9. The van der Waals surface area contributed by atoms with Crippen LogP contribution in [0.4, 0.5) is 0 Å². The van der Waals surface area contributed by atoms with Crippen molar-refractivity contribution in [1.82, 2.24) is 20.1 Å². The highest BCUT2D eigenvalue weighted by molar-refractivity contribution is 5.93. The molecule has 3 aromatic rings. The summed E-state index contributed by atoms with van der Waals surface area (Å²) in [6.45, 7) is 7.88. The summed E-state index contributed by atoms with van der Waals surface area (Å²) in [7, 11) is 0. The van der Waals surface area contributed by atoms with Crippen molar-refractivity contribution in [3.8, 4) is 5.69 Å². The fourth-order valence-corrected chi connectivity index (χ4v) is 2.85. The van der Waals surface area contributed by atoms with Crippen molar-refractivity contribution in [3.05, 3.63) is 65.1 Å². The lowest BCUT2D eigenvalue weighted by Crippen LogP contribution is -2.27. The smallest absolute Gasteiger partial charge is 0.274 e. The van der Waals surface area contributed by atoms with Gasteiger partial charge in [-0.3, -0.25) is 4.79 Å². The Morgan fingerprint density at radius 1 is 1.28 bits per heavy atom. The summed E-state index contributed by atoms with van der Waals surface area (Å²) in [5, 5.41) is 7.45. The Kier molecular flexibility index (Phi) is 4.70. The molecule has 0 spiro atoms. The van der Waals surface area contributed by atoms with Gasteiger partial charge in [-0.2, -0.15) is 5.10 Å². The number of hydrogen-bond acceptors (Lipinski definition) is 4. The van der Waals surface area contributed by atoms with E-state index in [9.17, 15) is 4.79 Å². The molecule has 6 nitrogen and oxygen atoms in total.